The third kappa shape index (κ3) is 1.34. The minimum Gasteiger partial charge on any atom is -0.504 e. The van der Waals surface area contributed by atoms with Crippen molar-refractivity contribution in [2.45, 2.75) is 0 Å². The van der Waals surface area contributed by atoms with Crippen LogP contribution < -0.4 is 0 Å². The molecular formula is C9H7FO2. The lowest BCUT2D eigenvalue weighted by Gasteiger charge is -1.99. The summed E-state index contributed by atoms with van der Waals surface area (Å²) in [6, 6.07) is 3.77. The smallest absolute Gasteiger partial charge is 0.189 e. The van der Waals surface area contributed by atoms with Crippen molar-refractivity contribution in [2.24, 2.45) is 0 Å². The average Bonchev–Trinajstić information content (AvgIpc) is 2.08. The van der Waals surface area contributed by atoms with Crippen LogP contribution in [0.1, 0.15) is 10.4 Å². The Labute approximate surface area is 69.0 Å². The number of rotatable bonds is 2. The molecule has 1 rings (SSSR count). The molecule has 0 fully saturated rings. The van der Waals surface area contributed by atoms with E-state index in [1.54, 1.807) is 0 Å². The van der Waals surface area contributed by atoms with Crippen molar-refractivity contribution in [3.05, 3.63) is 42.2 Å². The Morgan fingerprint density at radius 1 is 1.58 bits per heavy atom. The monoisotopic (exact) mass is 166 g/mol. The summed E-state index contributed by atoms with van der Waals surface area (Å²) >= 11 is 0. The van der Waals surface area contributed by atoms with E-state index in [2.05, 4.69) is 6.58 Å². The topological polar surface area (TPSA) is 37.3 Å². The third-order valence-corrected chi connectivity index (χ3v) is 1.44. The van der Waals surface area contributed by atoms with E-state index in [1.165, 1.54) is 12.1 Å². The number of hydrogen-bond acceptors (Lipinski definition) is 2. The second-order valence-electron chi connectivity index (χ2n) is 2.20. The van der Waals surface area contributed by atoms with Crippen LogP contribution in [-0.4, -0.2) is 10.9 Å². The van der Waals surface area contributed by atoms with Gasteiger partial charge in [0.1, 0.15) is 0 Å². The highest BCUT2D eigenvalue weighted by atomic mass is 19.1. The molecule has 2 nitrogen and oxygen atoms in total. The van der Waals surface area contributed by atoms with Crippen LogP contribution >= 0.6 is 0 Å². The molecule has 0 radical (unpaired) electrons. The Bertz CT molecular complexity index is 331. The Balaban J connectivity index is 3.25. The largest absolute Gasteiger partial charge is 0.504 e. The highest BCUT2D eigenvalue weighted by Crippen LogP contribution is 2.20. The lowest BCUT2D eigenvalue weighted by molar-refractivity contribution is 0.104. The van der Waals surface area contributed by atoms with E-state index in [4.69, 9.17) is 5.11 Å². The Kier molecular flexibility index (Phi) is 2.24. The number of carbonyl (C=O) groups excluding carboxylic acids is 1. The molecule has 1 aromatic rings. The van der Waals surface area contributed by atoms with Gasteiger partial charge in [0.05, 0.1) is 5.56 Å². The Morgan fingerprint density at radius 3 is 2.83 bits per heavy atom. The summed E-state index contributed by atoms with van der Waals surface area (Å²) in [5.74, 6) is -1.92. The molecule has 1 aromatic carbocycles. The maximum atomic E-state index is 12.6. The molecule has 12 heavy (non-hydrogen) atoms. The highest BCUT2D eigenvalue weighted by molar-refractivity contribution is 6.06. The van der Waals surface area contributed by atoms with Gasteiger partial charge in [0.2, 0.25) is 0 Å². The molecule has 0 bridgehead atoms. The Hall–Kier alpha value is -1.64. The van der Waals surface area contributed by atoms with Crippen LogP contribution in [0.2, 0.25) is 0 Å². The van der Waals surface area contributed by atoms with Gasteiger partial charge >= 0.3 is 0 Å². The second kappa shape index (κ2) is 3.17. The van der Waals surface area contributed by atoms with Crippen LogP contribution in [0.5, 0.6) is 5.75 Å². The molecule has 0 saturated heterocycles. The van der Waals surface area contributed by atoms with Gasteiger partial charge in [-0.1, -0.05) is 12.6 Å². The first-order valence-corrected chi connectivity index (χ1v) is 3.31. The molecule has 0 unspecified atom stereocenters. The maximum Gasteiger partial charge on any atom is 0.189 e. The number of benzene rings is 1. The fraction of sp³-hybridized carbons (Fsp3) is 0. The van der Waals surface area contributed by atoms with E-state index in [1.807, 2.05) is 0 Å². The molecule has 0 atom stereocenters. The van der Waals surface area contributed by atoms with Crippen molar-refractivity contribution >= 4 is 5.78 Å². The molecule has 0 spiro atoms. The summed E-state index contributed by atoms with van der Waals surface area (Å²) in [7, 11) is 0. The number of allylic oxidation sites excluding steroid dienone is 1. The zero-order valence-corrected chi connectivity index (χ0v) is 6.25. The average molecular weight is 166 g/mol. The molecule has 1 N–H and O–H groups in total. The molecule has 0 aliphatic carbocycles. The highest BCUT2D eigenvalue weighted by Gasteiger charge is 2.10. The van der Waals surface area contributed by atoms with E-state index in [9.17, 15) is 9.18 Å². The van der Waals surface area contributed by atoms with Crippen LogP contribution in [0.4, 0.5) is 4.39 Å². The van der Waals surface area contributed by atoms with Gasteiger partial charge in [-0.25, -0.2) is 4.39 Å². The number of ketones is 1. The number of phenolic OH excluding ortho intramolecular Hbond substituents is 1. The number of hydrogen-bond donors (Lipinski definition) is 1. The summed E-state index contributed by atoms with van der Waals surface area (Å²) in [4.78, 5) is 10.9. The minimum atomic E-state index is -0.803. The first-order valence-electron chi connectivity index (χ1n) is 3.31. The number of para-hydroxylation sites is 1. The molecule has 3 heteroatoms. The van der Waals surface area contributed by atoms with Gasteiger partial charge in [-0.15, -0.1) is 0 Å². The van der Waals surface area contributed by atoms with Crippen molar-refractivity contribution in [2.75, 3.05) is 0 Å². The predicted octanol–water partition coefficient (Wildman–Crippen LogP) is 1.90. The third-order valence-electron chi connectivity index (χ3n) is 1.44. The molecule has 0 aromatic heterocycles. The predicted molar refractivity (Wildman–Crippen MR) is 42.6 cm³/mol. The molecule has 0 amide bonds. The summed E-state index contributed by atoms with van der Waals surface area (Å²) in [5.41, 5.74) is -0.0648. The molecule has 0 heterocycles. The minimum absolute atomic E-state index is 0.0648. The van der Waals surface area contributed by atoms with Gasteiger partial charge in [0.25, 0.3) is 0 Å². The number of carbonyl (C=O) groups is 1. The first-order chi connectivity index (χ1) is 5.66. The van der Waals surface area contributed by atoms with E-state index in [0.29, 0.717) is 0 Å². The Morgan fingerprint density at radius 2 is 2.25 bits per heavy atom. The van der Waals surface area contributed by atoms with E-state index in [-0.39, 0.29) is 5.56 Å². The van der Waals surface area contributed by atoms with E-state index >= 15 is 0 Å². The normalized spacial score (nSPS) is 9.42. The van der Waals surface area contributed by atoms with Gasteiger partial charge in [0.15, 0.2) is 17.3 Å². The van der Waals surface area contributed by atoms with Crippen molar-refractivity contribution in [1.29, 1.82) is 0 Å². The maximum absolute atomic E-state index is 12.6. The SMILES string of the molecule is C=CC(=O)c1cccc(F)c1O. The quantitative estimate of drug-likeness (QED) is 0.538. The van der Waals surface area contributed by atoms with Crippen LogP contribution in [0, 0.1) is 5.82 Å². The fourth-order valence-electron chi connectivity index (χ4n) is 0.824. The van der Waals surface area contributed by atoms with E-state index < -0.39 is 17.3 Å². The van der Waals surface area contributed by atoms with Crippen LogP contribution in [0.3, 0.4) is 0 Å². The van der Waals surface area contributed by atoms with Crippen molar-refractivity contribution < 1.29 is 14.3 Å². The summed E-state index contributed by atoms with van der Waals surface area (Å²) in [6.45, 7) is 3.22. The second-order valence-corrected chi connectivity index (χ2v) is 2.20. The molecule has 0 aliphatic rings. The van der Waals surface area contributed by atoms with Gasteiger partial charge in [-0.3, -0.25) is 4.79 Å². The van der Waals surface area contributed by atoms with Gasteiger partial charge in [-0.05, 0) is 18.2 Å². The molecule has 0 aliphatic heterocycles. The van der Waals surface area contributed by atoms with Crippen molar-refractivity contribution in [3.8, 4) is 5.75 Å². The van der Waals surface area contributed by atoms with Crippen LogP contribution in [-0.2, 0) is 0 Å². The summed E-state index contributed by atoms with van der Waals surface area (Å²) in [5, 5.41) is 9.06. The fourth-order valence-corrected chi connectivity index (χ4v) is 0.824. The zero-order chi connectivity index (χ0) is 9.14. The van der Waals surface area contributed by atoms with Crippen LogP contribution in [0.15, 0.2) is 30.9 Å². The standard InChI is InChI=1S/C9H7FO2/c1-2-8(11)6-4-3-5-7(10)9(6)12/h2-5,12H,1H2. The van der Waals surface area contributed by atoms with Gasteiger partial charge in [-0.2, -0.15) is 0 Å². The lowest BCUT2D eigenvalue weighted by atomic mass is 10.1. The zero-order valence-electron chi connectivity index (χ0n) is 6.25. The summed E-state index contributed by atoms with van der Waals surface area (Å²) < 4.78 is 12.6. The van der Waals surface area contributed by atoms with Gasteiger partial charge < -0.3 is 5.11 Å². The summed E-state index contributed by atoms with van der Waals surface area (Å²) in [6.07, 6.45) is 1.02. The first kappa shape index (κ1) is 8.46. The number of halogens is 1. The van der Waals surface area contributed by atoms with Crippen molar-refractivity contribution in [1.82, 2.24) is 0 Å². The molecule has 62 valence electrons. The lowest BCUT2D eigenvalue weighted by Crippen LogP contribution is -1.95. The number of aromatic hydroxyl groups is 1. The van der Waals surface area contributed by atoms with E-state index in [0.717, 1.165) is 12.1 Å². The van der Waals surface area contributed by atoms with Crippen molar-refractivity contribution in [3.63, 3.8) is 0 Å². The molecule has 0 saturated carbocycles. The number of phenols is 1. The molecular weight excluding hydrogens is 159 g/mol. The van der Waals surface area contributed by atoms with Crippen LogP contribution in [0.25, 0.3) is 0 Å². The van der Waals surface area contributed by atoms with Gasteiger partial charge in [0, 0.05) is 0 Å².